The lowest BCUT2D eigenvalue weighted by atomic mass is 10.2. The molecule has 0 aliphatic carbocycles. The predicted molar refractivity (Wildman–Crippen MR) is 64.3 cm³/mol. The molecule has 96 valence electrons. The molecule has 0 amide bonds. The molecule has 1 saturated heterocycles. The summed E-state index contributed by atoms with van der Waals surface area (Å²) in [5, 5.41) is 7.40. The lowest BCUT2D eigenvalue weighted by Gasteiger charge is -2.13. The first kappa shape index (κ1) is 12.5. The van der Waals surface area contributed by atoms with Gasteiger partial charge in [0, 0.05) is 6.04 Å². The Morgan fingerprint density at radius 1 is 1.59 bits per heavy atom. The van der Waals surface area contributed by atoms with Crippen LogP contribution in [0.25, 0.3) is 0 Å². The minimum atomic E-state index is -2.88. The summed E-state index contributed by atoms with van der Waals surface area (Å²) in [5.74, 6) is 1.25. The molecular formula is C10H18N4O2S. The lowest BCUT2D eigenvalue weighted by molar-refractivity contribution is 0.457. The summed E-state index contributed by atoms with van der Waals surface area (Å²) in [7, 11) is -2.88. The van der Waals surface area contributed by atoms with E-state index in [1.54, 1.807) is 4.68 Å². The van der Waals surface area contributed by atoms with E-state index in [2.05, 4.69) is 29.2 Å². The van der Waals surface area contributed by atoms with Gasteiger partial charge in [-0.1, -0.05) is 13.8 Å². The zero-order valence-electron chi connectivity index (χ0n) is 10.1. The largest absolute Gasteiger partial charge is 0.308 e. The van der Waals surface area contributed by atoms with Gasteiger partial charge in [0.15, 0.2) is 9.84 Å². The molecule has 1 aromatic rings. The van der Waals surface area contributed by atoms with Crippen molar-refractivity contribution in [3.05, 3.63) is 12.2 Å². The van der Waals surface area contributed by atoms with Crippen molar-refractivity contribution in [2.75, 3.05) is 11.5 Å². The van der Waals surface area contributed by atoms with Crippen LogP contribution in [0.1, 0.15) is 32.1 Å². The Morgan fingerprint density at radius 2 is 2.35 bits per heavy atom. The van der Waals surface area contributed by atoms with E-state index in [-0.39, 0.29) is 17.5 Å². The normalized spacial score (nSPS) is 23.4. The molecule has 2 heterocycles. The molecular weight excluding hydrogens is 240 g/mol. The van der Waals surface area contributed by atoms with E-state index in [0.717, 1.165) is 5.82 Å². The number of nitrogens with zero attached hydrogens (tertiary/aromatic N) is 3. The summed E-state index contributed by atoms with van der Waals surface area (Å²) in [6, 6.07) is 0.318. The Hall–Kier alpha value is -0.950. The lowest BCUT2D eigenvalue weighted by Crippen LogP contribution is -2.25. The highest BCUT2D eigenvalue weighted by Gasteiger charge is 2.30. The smallest absolute Gasteiger partial charge is 0.152 e. The van der Waals surface area contributed by atoms with Gasteiger partial charge in [0.2, 0.25) is 0 Å². The molecule has 1 unspecified atom stereocenters. The van der Waals surface area contributed by atoms with Gasteiger partial charge in [-0.25, -0.2) is 18.1 Å². The zero-order chi connectivity index (χ0) is 12.5. The number of sulfone groups is 1. The van der Waals surface area contributed by atoms with Gasteiger partial charge in [0.1, 0.15) is 12.2 Å². The van der Waals surface area contributed by atoms with Crippen LogP contribution in [0.15, 0.2) is 6.33 Å². The van der Waals surface area contributed by atoms with E-state index < -0.39 is 9.84 Å². The first-order valence-electron chi connectivity index (χ1n) is 5.80. The molecule has 2 rings (SSSR count). The molecule has 17 heavy (non-hydrogen) atoms. The molecule has 0 spiro atoms. The molecule has 7 heteroatoms. The van der Waals surface area contributed by atoms with Crippen LogP contribution in [-0.4, -0.2) is 40.7 Å². The molecule has 0 bridgehead atoms. The summed E-state index contributed by atoms with van der Waals surface area (Å²) in [4.78, 5) is 4.18. The molecule has 6 nitrogen and oxygen atoms in total. The fourth-order valence-corrected chi connectivity index (χ4v) is 3.66. The third-order valence-corrected chi connectivity index (χ3v) is 4.62. The molecule has 0 saturated carbocycles. The Balaban J connectivity index is 2.09. The molecule has 1 N–H and O–H groups in total. The molecule has 1 fully saturated rings. The van der Waals surface area contributed by atoms with Crippen molar-refractivity contribution in [3.63, 3.8) is 0 Å². The van der Waals surface area contributed by atoms with Gasteiger partial charge in [-0.3, -0.25) is 0 Å². The van der Waals surface area contributed by atoms with Gasteiger partial charge >= 0.3 is 0 Å². The average Bonchev–Trinajstić information content (AvgIpc) is 2.80. The van der Waals surface area contributed by atoms with Crippen molar-refractivity contribution in [2.24, 2.45) is 0 Å². The maximum absolute atomic E-state index is 11.4. The number of hydrogen-bond donors (Lipinski definition) is 1. The van der Waals surface area contributed by atoms with E-state index in [1.807, 2.05) is 0 Å². The number of rotatable bonds is 4. The number of nitrogens with one attached hydrogen (secondary N) is 1. The highest BCUT2D eigenvalue weighted by atomic mass is 32.2. The van der Waals surface area contributed by atoms with E-state index >= 15 is 0 Å². The minimum absolute atomic E-state index is 0.0496. The van der Waals surface area contributed by atoms with Crippen LogP contribution in [0, 0.1) is 0 Å². The van der Waals surface area contributed by atoms with Crippen molar-refractivity contribution in [2.45, 2.75) is 38.9 Å². The second-order valence-electron chi connectivity index (χ2n) is 4.71. The molecule has 1 aliphatic rings. The third kappa shape index (κ3) is 3.04. The molecule has 1 aliphatic heterocycles. The fourth-order valence-electron chi connectivity index (χ4n) is 1.97. The van der Waals surface area contributed by atoms with E-state index in [4.69, 9.17) is 0 Å². The Labute approximate surface area is 101 Å². The topological polar surface area (TPSA) is 76.9 Å². The van der Waals surface area contributed by atoms with E-state index in [9.17, 15) is 8.42 Å². The maximum Gasteiger partial charge on any atom is 0.152 e. The van der Waals surface area contributed by atoms with Crippen molar-refractivity contribution in [3.8, 4) is 0 Å². The van der Waals surface area contributed by atoms with Gasteiger partial charge in [-0.15, -0.1) is 0 Å². The summed E-state index contributed by atoms with van der Waals surface area (Å²) in [5.41, 5.74) is 0. The summed E-state index contributed by atoms with van der Waals surface area (Å²) >= 11 is 0. The number of aromatic nitrogens is 3. The average molecular weight is 258 g/mol. The van der Waals surface area contributed by atoms with Gasteiger partial charge in [0.05, 0.1) is 24.1 Å². The summed E-state index contributed by atoms with van der Waals surface area (Å²) in [6.07, 6.45) is 2.13. The second-order valence-corrected chi connectivity index (χ2v) is 6.94. The van der Waals surface area contributed by atoms with Crippen LogP contribution in [0.4, 0.5) is 0 Å². The van der Waals surface area contributed by atoms with Gasteiger partial charge in [-0.2, -0.15) is 5.10 Å². The van der Waals surface area contributed by atoms with Crippen molar-refractivity contribution in [1.82, 2.24) is 20.1 Å². The fraction of sp³-hybridized carbons (Fsp3) is 0.800. The SMILES string of the molecule is CC(C)NCc1ncnn1C1CCS(=O)(=O)C1. The zero-order valence-corrected chi connectivity index (χ0v) is 10.9. The van der Waals surface area contributed by atoms with Crippen LogP contribution < -0.4 is 5.32 Å². The second kappa shape index (κ2) is 4.73. The third-order valence-electron chi connectivity index (χ3n) is 2.87. The molecule has 1 atom stereocenters. The van der Waals surface area contributed by atoms with Crippen molar-refractivity contribution >= 4 is 9.84 Å². The highest BCUT2D eigenvalue weighted by Crippen LogP contribution is 2.23. The van der Waals surface area contributed by atoms with E-state index in [1.165, 1.54) is 6.33 Å². The molecule has 0 radical (unpaired) electrons. The monoisotopic (exact) mass is 258 g/mol. The standard InChI is InChI=1S/C10H18N4O2S/c1-8(2)11-5-10-12-7-13-14(10)9-3-4-17(15,16)6-9/h7-9,11H,3-6H2,1-2H3. The summed E-state index contributed by atoms with van der Waals surface area (Å²) in [6.45, 7) is 4.73. The van der Waals surface area contributed by atoms with Gasteiger partial charge < -0.3 is 5.32 Å². The number of hydrogen-bond acceptors (Lipinski definition) is 5. The van der Waals surface area contributed by atoms with E-state index in [0.29, 0.717) is 19.0 Å². The Kier molecular flexibility index (Phi) is 3.48. The van der Waals surface area contributed by atoms with Crippen LogP contribution >= 0.6 is 0 Å². The Morgan fingerprint density at radius 3 is 2.94 bits per heavy atom. The first-order chi connectivity index (χ1) is 7.98. The predicted octanol–water partition coefficient (Wildman–Crippen LogP) is 0.136. The van der Waals surface area contributed by atoms with Gasteiger partial charge in [0.25, 0.3) is 0 Å². The van der Waals surface area contributed by atoms with Crippen molar-refractivity contribution < 1.29 is 8.42 Å². The molecule has 1 aromatic heterocycles. The highest BCUT2D eigenvalue weighted by molar-refractivity contribution is 7.91. The molecule has 0 aromatic carbocycles. The van der Waals surface area contributed by atoms with Gasteiger partial charge in [-0.05, 0) is 6.42 Å². The minimum Gasteiger partial charge on any atom is -0.308 e. The van der Waals surface area contributed by atoms with Crippen LogP contribution in [0.5, 0.6) is 0 Å². The summed E-state index contributed by atoms with van der Waals surface area (Å²) < 4.78 is 24.6. The van der Waals surface area contributed by atoms with Crippen molar-refractivity contribution in [1.29, 1.82) is 0 Å². The van der Waals surface area contributed by atoms with Crippen LogP contribution in [0.3, 0.4) is 0 Å². The van der Waals surface area contributed by atoms with Crippen LogP contribution in [-0.2, 0) is 16.4 Å². The Bertz CT molecular complexity index is 480. The first-order valence-corrected chi connectivity index (χ1v) is 7.62. The maximum atomic E-state index is 11.4. The quantitative estimate of drug-likeness (QED) is 0.831. The van der Waals surface area contributed by atoms with Crippen LogP contribution in [0.2, 0.25) is 0 Å².